The Kier molecular flexibility index (Phi) is 2.00. The quantitative estimate of drug-likeness (QED) is 0.712. The van der Waals surface area contributed by atoms with E-state index >= 15 is 0 Å². The molecule has 1 aromatic carbocycles. The molecule has 0 aliphatic heterocycles. The Morgan fingerprint density at radius 3 is 2.46 bits per heavy atom. The van der Waals surface area contributed by atoms with Gasteiger partial charge in [0.1, 0.15) is 0 Å². The number of halogens is 1. The average Bonchev–Trinajstić information content (AvgIpc) is 2.85. The van der Waals surface area contributed by atoms with Crippen LogP contribution in [0.3, 0.4) is 0 Å². The van der Waals surface area contributed by atoms with Gasteiger partial charge in [-0.05, 0) is 30.0 Å². The van der Waals surface area contributed by atoms with E-state index in [1.807, 2.05) is 12.1 Å². The van der Waals surface area contributed by atoms with Crippen LogP contribution in [-0.4, -0.2) is 5.97 Å². The molecule has 1 saturated carbocycles. The van der Waals surface area contributed by atoms with Crippen LogP contribution in [0, 0.1) is 5.92 Å². The van der Waals surface area contributed by atoms with Crippen LogP contribution in [0.15, 0.2) is 24.3 Å². The summed E-state index contributed by atoms with van der Waals surface area (Å²) in [4.78, 5) is 10.5. The second-order valence-electron chi connectivity index (χ2n) is 3.32. The molecule has 0 spiro atoms. The van der Waals surface area contributed by atoms with E-state index in [2.05, 4.69) is 0 Å². The Bertz CT molecular complexity index is 331. The van der Waals surface area contributed by atoms with Crippen molar-refractivity contribution in [2.24, 2.45) is 5.92 Å². The molecule has 3 heteroatoms. The Morgan fingerprint density at radius 1 is 1.38 bits per heavy atom. The van der Waals surface area contributed by atoms with Gasteiger partial charge in [-0.1, -0.05) is 23.7 Å². The molecule has 1 aromatic rings. The first kappa shape index (κ1) is 8.57. The lowest BCUT2D eigenvalue weighted by atomic mass is 10.1. The van der Waals surface area contributed by atoms with Crippen molar-refractivity contribution in [2.45, 2.75) is 12.3 Å². The average molecular weight is 196 g/mol. The van der Waals surface area contributed by atoms with Gasteiger partial charge in [0.05, 0.1) is 0 Å². The summed E-state index contributed by atoms with van der Waals surface area (Å²) < 4.78 is 0. The molecule has 0 radical (unpaired) electrons. The van der Waals surface area contributed by atoms with Gasteiger partial charge < -0.3 is 9.90 Å². The number of hydrogen-bond acceptors (Lipinski definition) is 2. The van der Waals surface area contributed by atoms with Crippen molar-refractivity contribution in [3.8, 4) is 0 Å². The van der Waals surface area contributed by atoms with Crippen molar-refractivity contribution in [2.75, 3.05) is 0 Å². The summed E-state index contributed by atoms with van der Waals surface area (Å²) in [6.07, 6.45) is 0.698. The lowest BCUT2D eigenvalue weighted by Gasteiger charge is -2.01. The monoisotopic (exact) mass is 195 g/mol. The number of carbonyl (C=O) groups excluding carboxylic acids is 1. The summed E-state index contributed by atoms with van der Waals surface area (Å²) in [5, 5.41) is 11.2. The van der Waals surface area contributed by atoms with Crippen molar-refractivity contribution in [1.82, 2.24) is 0 Å². The van der Waals surface area contributed by atoms with Gasteiger partial charge in [-0.25, -0.2) is 0 Å². The highest BCUT2D eigenvalue weighted by Gasteiger charge is 2.39. The summed E-state index contributed by atoms with van der Waals surface area (Å²) in [5.74, 6) is -1.09. The Morgan fingerprint density at radius 2 is 2.00 bits per heavy atom. The van der Waals surface area contributed by atoms with Gasteiger partial charge in [0, 0.05) is 16.9 Å². The number of carboxylic acid groups (broad SMARTS) is 1. The Hall–Kier alpha value is -1.02. The molecule has 0 saturated heterocycles. The number of benzene rings is 1. The van der Waals surface area contributed by atoms with Crippen molar-refractivity contribution in [3.05, 3.63) is 34.9 Å². The van der Waals surface area contributed by atoms with Crippen LogP contribution >= 0.6 is 11.6 Å². The van der Waals surface area contributed by atoms with Crippen LogP contribution < -0.4 is 5.11 Å². The molecule has 0 heterocycles. The zero-order chi connectivity index (χ0) is 9.42. The van der Waals surface area contributed by atoms with Gasteiger partial charge in [-0.3, -0.25) is 0 Å². The highest BCUT2D eigenvalue weighted by atomic mass is 35.5. The largest absolute Gasteiger partial charge is 0.550 e. The minimum absolute atomic E-state index is 0.141. The van der Waals surface area contributed by atoms with Gasteiger partial charge >= 0.3 is 0 Å². The summed E-state index contributed by atoms with van der Waals surface area (Å²) >= 11 is 5.71. The fraction of sp³-hybridized carbons (Fsp3) is 0.300. The van der Waals surface area contributed by atoms with Gasteiger partial charge in [-0.15, -0.1) is 0 Å². The number of carbonyl (C=O) groups is 1. The highest BCUT2D eigenvalue weighted by Crippen LogP contribution is 2.47. The highest BCUT2D eigenvalue weighted by molar-refractivity contribution is 6.30. The van der Waals surface area contributed by atoms with Crippen LogP contribution in [0.2, 0.25) is 5.02 Å². The van der Waals surface area contributed by atoms with E-state index < -0.39 is 5.97 Å². The van der Waals surface area contributed by atoms with Gasteiger partial charge in [0.2, 0.25) is 0 Å². The summed E-state index contributed by atoms with van der Waals surface area (Å²) in [6, 6.07) is 7.30. The lowest BCUT2D eigenvalue weighted by Crippen LogP contribution is -2.24. The molecule has 13 heavy (non-hydrogen) atoms. The minimum atomic E-state index is -0.944. The maximum Gasteiger partial charge on any atom is 0.0451 e. The van der Waals surface area contributed by atoms with E-state index in [1.165, 1.54) is 0 Å². The van der Waals surface area contributed by atoms with Crippen LogP contribution in [0.25, 0.3) is 0 Å². The first-order chi connectivity index (χ1) is 6.18. The second-order valence-corrected chi connectivity index (χ2v) is 3.76. The molecule has 0 bridgehead atoms. The Balaban J connectivity index is 2.12. The van der Waals surface area contributed by atoms with Crippen molar-refractivity contribution < 1.29 is 9.90 Å². The van der Waals surface area contributed by atoms with Gasteiger partial charge in [-0.2, -0.15) is 0 Å². The molecule has 1 aliphatic rings. The fourth-order valence-corrected chi connectivity index (χ4v) is 1.66. The molecule has 0 aromatic heterocycles. The third-order valence-corrected chi connectivity index (χ3v) is 2.64. The molecule has 0 N–H and O–H groups in total. The van der Waals surface area contributed by atoms with E-state index in [9.17, 15) is 9.90 Å². The third-order valence-electron chi connectivity index (χ3n) is 2.39. The van der Waals surface area contributed by atoms with Crippen LogP contribution in [0.1, 0.15) is 17.9 Å². The summed E-state index contributed by atoms with van der Waals surface area (Å²) in [7, 11) is 0. The van der Waals surface area contributed by atoms with Crippen molar-refractivity contribution in [3.63, 3.8) is 0 Å². The lowest BCUT2D eigenvalue weighted by molar-refractivity contribution is -0.308. The SMILES string of the molecule is O=C([O-])[C@H]1C[C@H]1c1ccc(Cl)cc1. The predicted molar refractivity (Wildman–Crippen MR) is 47.3 cm³/mol. The number of rotatable bonds is 2. The van der Waals surface area contributed by atoms with Crippen molar-refractivity contribution >= 4 is 17.6 Å². The molecular weight excluding hydrogens is 188 g/mol. The topological polar surface area (TPSA) is 40.1 Å². The predicted octanol–water partition coefficient (Wildman–Crippen LogP) is 1.19. The van der Waals surface area contributed by atoms with Gasteiger partial charge in [0.15, 0.2) is 0 Å². The molecule has 2 nitrogen and oxygen atoms in total. The second kappa shape index (κ2) is 3.04. The van der Waals surface area contributed by atoms with Crippen LogP contribution in [-0.2, 0) is 4.79 Å². The smallest absolute Gasteiger partial charge is 0.0451 e. The first-order valence-electron chi connectivity index (χ1n) is 4.15. The molecule has 0 amide bonds. The molecular formula is C10H8ClO2-. The Labute approximate surface area is 81.1 Å². The van der Waals surface area contributed by atoms with Crippen LogP contribution in [0.5, 0.6) is 0 Å². The van der Waals surface area contributed by atoms with E-state index in [4.69, 9.17) is 11.6 Å². The molecule has 68 valence electrons. The first-order valence-corrected chi connectivity index (χ1v) is 4.52. The van der Waals surface area contributed by atoms with E-state index in [0.717, 1.165) is 5.56 Å². The minimum Gasteiger partial charge on any atom is -0.550 e. The van der Waals surface area contributed by atoms with Crippen LogP contribution in [0.4, 0.5) is 0 Å². The molecule has 2 atom stereocenters. The summed E-state index contributed by atoms with van der Waals surface area (Å²) in [6.45, 7) is 0. The zero-order valence-electron chi connectivity index (χ0n) is 6.87. The summed E-state index contributed by atoms with van der Waals surface area (Å²) in [5.41, 5.74) is 1.04. The van der Waals surface area contributed by atoms with Gasteiger partial charge in [0.25, 0.3) is 0 Å². The third kappa shape index (κ3) is 1.68. The molecule has 0 unspecified atom stereocenters. The maximum atomic E-state index is 10.5. The van der Waals surface area contributed by atoms with E-state index in [0.29, 0.717) is 11.4 Å². The fourth-order valence-electron chi connectivity index (χ4n) is 1.53. The van der Waals surface area contributed by atoms with Crippen molar-refractivity contribution in [1.29, 1.82) is 0 Å². The normalized spacial score (nSPS) is 25.6. The zero-order valence-corrected chi connectivity index (χ0v) is 7.62. The molecule has 2 rings (SSSR count). The standard InChI is InChI=1S/C10H9ClO2/c11-7-3-1-6(2-4-7)8-5-9(8)10(12)13/h1-4,8-9H,5H2,(H,12,13)/p-1/t8-,9-/m0/s1. The number of hydrogen-bond donors (Lipinski definition) is 0. The molecule has 1 fully saturated rings. The number of aliphatic carboxylic acids is 1. The number of carboxylic acids is 1. The maximum absolute atomic E-state index is 10.5. The van der Waals surface area contributed by atoms with E-state index in [1.54, 1.807) is 12.1 Å². The van der Waals surface area contributed by atoms with E-state index in [-0.39, 0.29) is 11.8 Å². The molecule has 1 aliphatic carbocycles.